The van der Waals surface area contributed by atoms with Crippen LogP contribution >= 0.6 is 0 Å². The van der Waals surface area contributed by atoms with Gasteiger partial charge in [-0.25, -0.2) is 17.5 Å². The van der Waals surface area contributed by atoms with Gasteiger partial charge in [0, 0.05) is 24.7 Å². The summed E-state index contributed by atoms with van der Waals surface area (Å²) in [5, 5.41) is 0. The number of rotatable bonds is 8. The Hall–Kier alpha value is -2.25. The molecule has 1 fully saturated rings. The Morgan fingerprint density at radius 3 is 2.52 bits per heavy atom. The number of hydrogen-bond donors (Lipinski definition) is 1. The van der Waals surface area contributed by atoms with Crippen molar-refractivity contribution in [2.75, 3.05) is 13.1 Å². The van der Waals surface area contributed by atoms with E-state index in [4.69, 9.17) is 0 Å². The third-order valence-electron chi connectivity index (χ3n) is 4.55. The summed E-state index contributed by atoms with van der Waals surface area (Å²) in [6, 6.07) is 13.2. The number of likely N-dealkylation sites (N-methyl/N-ethyl adjacent to an activating group) is 1. The first-order valence-corrected chi connectivity index (χ1v) is 10.5. The fraction of sp³-hybridized carbons (Fsp3) is 0.350. The number of carbonyl (C=O) groups excluding carboxylic acids is 1. The molecule has 0 aromatic heterocycles. The first kappa shape index (κ1) is 19.5. The smallest absolute Gasteiger partial charge is 0.253 e. The Bertz CT molecular complexity index is 912. The van der Waals surface area contributed by atoms with Gasteiger partial charge in [-0.3, -0.25) is 4.79 Å². The van der Waals surface area contributed by atoms with Crippen LogP contribution in [0, 0.1) is 5.82 Å². The van der Waals surface area contributed by atoms with Crippen molar-refractivity contribution in [3.8, 4) is 0 Å². The Kier molecular flexibility index (Phi) is 5.92. The number of nitrogens with zero attached hydrogens (tertiary/aromatic N) is 1. The third kappa shape index (κ3) is 4.93. The zero-order valence-corrected chi connectivity index (χ0v) is 16.0. The summed E-state index contributed by atoms with van der Waals surface area (Å²) >= 11 is 0. The maximum atomic E-state index is 14.1. The van der Waals surface area contributed by atoms with Crippen LogP contribution in [-0.4, -0.2) is 38.4 Å². The summed E-state index contributed by atoms with van der Waals surface area (Å²) in [6.45, 7) is 2.84. The number of hydrogen-bond acceptors (Lipinski definition) is 3. The van der Waals surface area contributed by atoms with Gasteiger partial charge in [-0.1, -0.05) is 30.3 Å². The molecule has 0 radical (unpaired) electrons. The molecule has 1 N–H and O–H groups in total. The molecule has 144 valence electrons. The van der Waals surface area contributed by atoms with Crippen LogP contribution in [0.15, 0.2) is 53.4 Å². The molecule has 7 heteroatoms. The molecular weight excluding hydrogens is 367 g/mol. The predicted molar refractivity (Wildman–Crippen MR) is 101 cm³/mol. The molecule has 1 aliphatic carbocycles. The highest BCUT2D eigenvalue weighted by atomic mass is 32.2. The molecule has 2 aromatic carbocycles. The van der Waals surface area contributed by atoms with Crippen LogP contribution in [0.2, 0.25) is 0 Å². The van der Waals surface area contributed by atoms with E-state index in [-0.39, 0.29) is 17.5 Å². The van der Waals surface area contributed by atoms with Crippen molar-refractivity contribution in [1.82, 2.24) is 9.62 Å². The van der Waals surface area contributed by atoms with Gasteiger partial charge in [-0.05, 0) is 49.9 Å². The minimum Gasteiger partial charge on any atom is -0.339 e. The molecule has 3 rings (SSSR count). The number of sulfonamides is 1. The highest BCUT2D eigenvalue weighted by molar-refractivity contribution is 7.89. The lowest BCUT2D eigenvalue weighted by Gasteiger charge is -2.21. The van der Waals surface area contributed by atoms with Crippen LogP contribution in [0.1, 0.15) is 35.7 Å². The van der Waals surface area contributed by atoms with Crippen molar-refractivity contribution in [2.24, 2.45) is 0 Å². The minimum atomic E-state index is -3.97. The molecule has 0 heterocycles. The topological polar surface area (TPSA) is 66.5 Å². The molecule has 2 aromatic rings. The molecule has 0 spiro atoms. The van der Waals surface area contributed by atoms with Gasteiger partial charge in [0.2, 0.25) is 10.0 Å². The first-order chi connectivity index (χ1) is 12.9. The summed E-state index contributed by atoms with van der Waals surface area (Å²) in [5.74, 6) is -1.16. The quantitative estimate of drug-likeness (QED) is 0.754. The van der Waals surface area contributed by atoms with Gasteiger partial charge in [0.15, 0.2) is 0 Å². The standard InChI is InChI=1S/C20H23FN2O3S/c1-2-23(13-12-15-6-4-3-5-7-15)20(24)16-8-11-18(21)19(14-16)27(25,26)22-17-9-10-17/h3-8,11,14,17,22H,2,9-10,12-13H2,1H3. The van der Waals surface area contributed by atoms with Gasteiger partial charge in [-0.2, -0.15) is 0 Å². The Morgan fingerprint density at radius 1 is 1.19 bits per heavy atom. The fourth-order valence-corrected chi connectivity index (χ4v) is 4.23. The van der Waals surface area contributed by atoms with Gasteiger partial charge in [0.1, 0.15) is 10.7 Å². The summed E-state index contributed by atoms with van der Waals surface area (Å²) in [7, 11) is -3.97. The molecule has 0 aliphatic heterocycles. The second-order valence-corrected chi connectivity index (χ2v) is 8.34. The van der Waals surface area contributed by atoms with Gasteiger partial charge < -0.3 is 4.90 Å². The Balaban J connectivity index is 1.77. The molecule has 5 nitrogen and oxygen atoms in total. The maximum Gasteiger partial charge on any atom is 0.253 e. The van der Waals surface area contributed by atoms with Crippen molar-refractivity contribution in [3.63, 3.8) is 0 Å². The monoisotopic (exact) mass is 390 g/mol. The van der Waals surface area contributed by atoms with E-state index in [0.29, 0.717) is 19.5 Å². The highest BCUT2D eigenvalue weighted by Crippen LogP contribution is 2.24. The van der Waals surface area contributed by atoms with Gasteiger partial charge in [0.05, 0.1) is 0 Å². The third-order valence-corrected chi connectivity index (χ3v) is 6.08. The minimum absolute atomic E-state index is 0.133. The van der Waals surface area contributed by atoms with Crippen molar-refractivity contribution in [2.45, 2.75) is 37.1 Å². The molecule has 0 atom stereocenters. The second-order valence-electron chi connectivity index (χ2n) is 6.66. The van der Waals surface area contributed by atoms with Gasteiger partial charge in [0.25, 0.3) is 5.91 Å². The van der Waals surface area contributed by atoms with Crippen molar-refractivity contribution in [3.05, 3.63) is 65.5 Å². The van der Waals surface area contributed by atoms with Crippen LogP contribution in [0.3, 0.4) is 0 Å². The SMILES string of the molecule is CCN(CCc1ccccc1)C(=O)c1ccc(F)c(S(=O)(=O)NC2CC2)c1. The number of benzene rings is 2. The predicted octanol–water partition coefficient (Wildman–Crippen LogP) is 2.97. The van der Waals surface area contributed by atoms with Crippen molar-refractivity contribution in [1.29, 1.82) is 0 Å². The number of carbonyl (C=O) groups is 1. The molecule has 0 saturated heterocycles. The summed E-state index contributed by atoms with van der Waals surface area (Å²) < 4.78 is 41.3. The van der Waals surface area contributed by atoms with E-state index in [1.165, 1.54) is 6.07 Å². The summed E-state index contributed by atoms with van der Waals surface area (Å²) in [6.07, 6.45) is 2.20. The summed E-state index contributed by atoms with van der Waals surface area (Å²) in [4.78, 5) is 14.0. The average molecular weight is 390 g/mol. The number of amides is 1. The second kappa shape index (κ2) is 8.19. The molecule has 0 unspecified atom stereocenters. The highest BCUT2D eigenvalue weighted by Gasteiger charge is 2.30. The van der Waals surface area contributed by atoms with E-state index in [9.17, 15) is 17.6 Å². The van der Waals surface area contributed by atoms with Crippen LogP contribution < -0.4 is 4.72 Å². The molecule has 27 heavy (non-hydrogen) atoms. The summed E-state index contributed by atoms with van der Waals surface area (Å²) in [5.41, 5.74) is 1.28. The zero-order valence-electron chi connectivity index (χ0n) is 15.2. The van der Waals surface area contributed by atoms with E-state index in [2.05, 4.69) is 4.72 Å². The van der Waals surface area contributed by atoms with E-state index in [1.54, 1.807) is 4.90 Å². The lowest BCUT2D eigenvalue weighted by atomic mass is 10.1. The van der Waals surface area contributed by atoms with E-state index >= 15 is 0 Å². The van der Waals surface area contributed by atoms with E-state index < -0.39 is 20.7 Å². The van der Waals surface area contributed by atoms with Gasteiger partial charge >= 0.3 is 0 Å². The number of halogens is 1. The first-order valence-electron chi connectivity index (χ1n) is 9.06. The largest absolute Gasteiger partial charge is 0.339 e. The molecule has 1 saturated carbocycles. The van der Waals surface area contributed by atoms with Crippen LogP contribution in [0.25, 0.3) is 0 Å². The van der Waals surface area contributed by atoms with Gasteiger partial charge in [-0.15, -0.1) is 0 Å². The van der Waals surface area contributed by atoms with Crippen molar-refractivity contribution < 1.29 is 17.6 Å². The Morgan fingerprint density at radius 2 is 1.89 bits per heavy atom. The van der Waals surface area contributed by atoms with Crippen LogP contribution in [-0.2, 0) is 16.4 Å². The fourth-order valence-electron chi connectivity index (χ4n) is 2.82. The molecule has 1 aliphatic rings. The lowest BCUT2D eigenvalue weighted by Crippen LogP contribution is -2.33. The molecule has 0 bridgehead atoms. The molecule has 1 amide bonds. The lowest BCUT2D eigenvalue weighted by molar-refractivity contribution is 0.0766. The number of nitrogens with one attached hydrogen (secondary N) is 1. The van der Waals surface area contributed by atoms with E-state index in [1.807, 2.05) is 37.3 Å². The normalized spacial score (nSPS) is 14.1. The average Bonchev–Trinajstić information content (AvgIpc) is 3.46. The molecular formula is C20H23FN2O3S. The zero-order chi connectivity index (χ0) is 19.4. The van der Waals surface area contributed by atoms with E-state index in [0.717, 1.165) is 30.5 Å². The maximum absolute atomic E-state index is 14.1. The Labute approximate surface area is 159 Å². The van der Waals surface area contributed by atoms with Crippen LogP contribution in [0.5, 0.6) is 0 Å². The van der Waals surface area contributed by atoms with Crippen LogP contribution in [0.4, 0.5) is 4.39 Å². The van der Waals surface area contributed by atoms with Crippen molar-refractivity contribution >= 4 is 15.9 Å².